The molecule has 0 heterocycles. The molecule has 0 rings (SSSR count). The summed E-state index contributed by atoms with van der Waals surface area (Å²) in [5.74, 6) is 5.96. The van der Waals surface area contributed by atoms with Gasteiger partial charge in [-0.25, -0.2) is 0 Å². The maximum Gasteiger partial charge on any atom is 0.333 e. The Bertz CT molecular complexity index is 311. The van der Waals surface area contributed by atoms with E-state index in [-0.39, 0.29) is 0 Å². The first-order chi connectivity index (χ1) is 9.19. The van der Waals surface area contributed by atoms with Gasteiger partial charge in [-0.3, -0.25) is 0 Å². The van der Waals surface area contributed by atoms with Gasteiger partial charge in [0.1, 0.15) is 0 Å². The van der Waals surface area contributed by atoms with Crippen LogP contribution in [0.25, 0.3) is 0 Å². The van der Waals surface area contributed by atoms with Crippen molar-refractivity contribution >= 4 is 17.6 Å². The maximum absolute atomic E-state index is 6.78. The molecule has 0 saturated heterocycles. The highest BCUT2D eigenvalue weighted by Crippen LogP contribution is 2.38. The average molecular weight is 314 g/mol. The Kier molecular flexibility index (Phi) is 9.00. The summed E-state index contributed by atoms with van der Waals surface area (Å²) in [6.45, 7) is 20.4. The van der Waals surface area contributed by atoms with Crippen LogP contribution in [0.3, 0.4) is 0 Å². The van der Waals surface area contributed by atoms with Crippen LogP contribution in [0.2, 0.25) is 22.2 Å². The predicted octanol–water partition coefficient (Wildman–Crippen LogP) is 5.12. The molecule has 0 atom stereocenters. The first kappa shape index (κ1) is 19.9. The molecule has 2 nitrogen and oxygen atoms in total. The van der Waals surface area contributed by atoms with Crippen LogP contribution in [0, 0.1) is 11.8 Å². The zero-order chi connectivity index (χ0) is 15.9. The molecule has 0 N–H and O–H groups in total. The van der Waals surface area contributed by atoms with Crippen LogP contribution in [-0.2, 0) is 8.54 Å². The normalized spacial score (nSPS) is 12.7. The topological polar surface area (TPSA) is 18.5 Å². The largest absolute Gasteiger partial charge is 0.435 e. The smallest absolute Gasteiger partial charge is 0.333 e. The number of rotatable bonds is 8. The first-order valence-electron chi connectivity index (χ1n) is 7.78. The minimum Gasteiger partial charge on any atom is -0.435 e. The molecule has 4 heteroatoms. The molecule has 20 heavy (non-hydrogen) atoms. The van der Waals surface area contributed by atoms with Crippen molar-refractivity contribution in [2.24, 2.45) is 0 Å². The van der Waals surface area contributed by atoms with Crippen LogP contribution < -0.4 is 0 Å². The summed E-state index contributed by atoms with van der Waals surface area (Å²) in [7, 11) is -3.11. The van der Waals surface area contributed by atoms with Crippen LogP contribution in [-0.4, -0.2) is 24.2 Å². The molecule has 1 radical (unpaired) electrons. The third-order valence-corrected chi connectivity index (χ3v) is 11.9. The van der Waals surface area contributed by atoms with Crippen LogP contribution in [0.1, 0.15) is 62.3 Å². The minimum absolute atomic E-state index is 0.443. The van der Waals surface area contributed by atoms with E-state index in [9.17, 15) is 0 Å². The van der Waals surface area contributed by atoms with E-state index < -0.39 is 17.6 Å². The molecule has 0 aromatic rings. The Morgan fingerprint density at radius 3 is 1.65 bits per heavy atom. The van der Waals surface area contributed by atoms with E-state index in [0.717, 1.165) is 0 Å². The van der Waals surface area contributed by atoms with Gasteiger partial charge in [0.25, 0.3) is 0 Å². The van der Waals surface area contributed by atoms with Crippen molar-refractivity contribution in [2.75, 3.05) is 6.61 Å². The summed E-state index contributed by atoms with van der Waals surface area (Å²) in [4.78, 5) is 0. The summed E-state index contributed by atoms with van der Waals surface area (Å²) in [6.07, 6.45) is 0. The van der Waals surface area contributed by atoms with Crippen molar-refractivity contribution in [2.45, 2.75) is 84.5 Å². The summed E-state index contributed by atoms with van der Waals surface area (Å²) >= 11 is 0. The van der Waals surface area contributed by atoms with Gasteiger partial charge in [-0.15, -0.1) is 5.92 Å². The van der Waals surface area contributed by atoms with Crippen molar-refractivity contribution in [1.82, 2.24) is 0 Å². The Hall–Kier alpha value is -0.0862. The van der Waals surface area contributed by atoms with Crippen molar-refractivity contribution in [3.8, 4) is 11.8 Å². The lowest BCUT2D eigenvalue weighted by atomic mass is 10.5. The highest BCUT2D eigenvalue weighted by Gasteiger charge is 2.47. The molecule has 0 saturated carbocycles. The lowest BCUT2D eigenvalue weighted by Gasteiger charge is -2.41. The van der Waals surface area contributed by atoms with E-state index in [1.807, 2.05) is 6.92 Å². The lowest BCUT2D eigenvalue weighted by molar-refractivity contribution is 0.247. The highest BCUT2D eigenvalue weighted by atomic mass is 28.4. The fraction of sp³-hybridized carbons (Fsp3) is 0.875. The molecule has 0 aromatic heterocycles. The van der Waals surface area contributed by atoms with Gasteiger partial charge >= 0.3 is 8.56 Å². The first-order valence-corrected chi connectivity index (χ1v) is 11.3. The molecule has 0 amide bonds. The Labute approximate surface area is 129 Å². The van der Waals surface area contributed by atoms with E-state index in [1.165, 1.54) is 0 Å². The van der Waals surface area contributed by atoms with Crippen LogP contribution in [0.4, 0.5) is 0 Å². The summed E-state index contributed by atoms with van der Waals surface area (Å²) in [5.41, 5.74) is 2.09. The summed E-state index contributed by atoms with van der Waals surface area (Å²) in [5, 5.41) is 0. The Balaban J connectivity index is 5.30. The van der Waals surface area contributed by atoms with Crippen LogP contribution in [0.15, 0.2) is 0 Å². The summed E-state index contributed by atoms with van der Waals surface area (Å²) in [6, 6.07) is 0. The van der Waals surface area contributed by atoms with Gasteiger partial charge in [-0.2, -0.15) is 0 Å². The van der Waals surface area contributed by atoms with E-state index in [4.69, 9.17) is 8.54 Å². The molecule has 0 aliphatic heterocycles. The minimum atomic E-state index is -2.23. The van der Waals surface area contributed by atoms with Crippen molar-refractivity contribution in [1.29, 1.82) is 0 Å². The third kappa shape index (κ3) is 5.36. The van der Waals surface area contributed by atoms with Crippen molar-refractivity contribution in [3.63, 3.8) is 0 Å². The molecule has 0 aromatic carbocycles. The summed E-state index contributed by atoms with van der Waals surface area (Å²) < 4.78 is 13.1. The van der Waals surface area contributed by atoms with Crippen LogP contribution >= 0.6 is 0 Å². The van der Waals surface area contributed by atoms with E-state index in [0.29, 0.717) is 28.8 Å². The second kappa shape index (κ2) is 9.04. The van der Waals surface area contributed by atoms with Gasteiger partial charge in [0.2, 0.25) is 9.04 Å². The van der Waals surface area contributed by atoms with E-state index in [2.05, 4.69) is 67.2 Å². The molecule has 0 aliphatic carbocycles. The monoisotopic (exact) mass is 313 g/mol. The zero-order valence-corrected chi connectivity index (χ0v) is 16.8. The maximum atomic E-state index is 6.78. The quantitative estimate of drug-likeness (QED) is 0.457. The van der Waals surface area contributed by atoms with Gasteiger partial charge < -0.3 is 8.54 Å². The SMILES string of the molecule is CC#CCO[Si](O[Si](C(C)C)C(C)C)(C(C)C)C(C)C. The molecule has 117 valence electrons. The zero-order valence-electron chi connectivity index (χ0n) is 14.8. The fourth-order valence-electron chi connectivity index (χ4n) is 2.57. The molecule has 0 bridgehead atoms. The highest BCUT2D eigenvalue weighted by molar-refractivity contribution is 6.78. The van der Waals surface area contributed by atoms with Gasteiger partial charge in [-0.05, 0) is 29.1 Å². The average Bonchev–Trinajstić information content (AvgIpc) is 2.31. The fourth-order valence-corrected chi connectivity index (χ4v) is 11.7. The second-order valence-electron chi connectivity index (χ2n) is 6.56. The number of hydrogen-bond acceptors (Lipinski definition) is 2. The Morgan fingerprint density at radius 2 is 1.35 bits per heavy atom. The predicted molar refractivity (Wildman–Crippen MR) is 92.4 cm³/mol. The van der Waals surface area contributed by atoms with Gasteiger partial charge in [0.05, 0.1) is 6.61 Å². The molecule has 0 aliphatic rings. The molecule has 0 spiro atoms. The number of hydrogen-bond donors (Lipinski definition) is 0. The van der Waals surface area contributed by atoms with Crippen molar-refractivity contribution < 1.29 is 8.54 Å². The van der Waals surface area contributed by atoms with Crippen molar-refractivity contribution in [3.05, 3.63) is 0 Å². The van der Waals surface area contributed by atoms with Gasteiger partial charge in [-0.1, -0.05) is 61.3 Å². The molecular weight excluding hydrogens is 280 g/mol. The lowest BCUT2D eigenvalue weighted by Crippen LogP contribution is -2.53. The second-order valence-corrected chi connectivity index (χ2v) is 14.5. The van der Waals surface area contributed by atoms with Crippen LogP contribution in [0.5, 0.6) is 0 Å². The van der Waals surface area contributed by atoms with E-state index >= 15 is 0 Å². The third-order valence-electron chi connectivity index (χ3n) is 3.57. The van der Waals surface area contributed by atoms with E-state index in [1.54, 1.807) is 0 Å². The Morgan fingerprint density at radius 1 is 0.900 bits per heavy atom. The standard InChI is InChI=1S/C16H33O2Si2/c1-10-11-12-17-20(15(6)7,16(8)9)18-19(13(2)3)14(4)5/h13-16H,12H2,1-9H3. The molecule has 0 fully saturated rings. The van der Waals surface area contributed by atoms with Gasteiger partial charge in [0, 0.05) is 0 Å². The molecule has 0 unspecified atom stereocenters. The van der Waals surface area contributed by atoms with Gasteiger partial charge in [0.15, 0.2) is 0 Å². The molecular formula is C16H33O2Si2.